The summed E-state index contributed by atoms with van der Waals surface area (Å²) in [5.41, 5.74) is 7.41. The molecule has 0 heterocycles. The quantitative estimate of drug-likeness (QED) is 0.834. The van der Waals surface area contributed by atoms with Gasteiger partial charge < -0.3 is 5.73 Å². The van der Waals surface area contributed by atoms with E-state index < -0.39 is 10.0 Å². The lowest BCUT2D eigenvalue weighted by molar-refractivity contribution is 0.601. The van der Waals surface area contributed by atoms with Crippen molar-refractivity contribution in [3.8, 4) is 0 Å². The van der Waals surface area contributed by atoms with Gasteiger partial charge in [-0.05, 0) is 36.8 Å². The number of aryl methyl sites for hydroxylation is 1. The Labute approximate surface area is 107 Å². The SMILES string of the molecule is Cc1cccc(NS(=O)(=O)c2ccccc2N)c1. The number of anilines is 2. The highest BCUT2D eigenvalue weighted by atomic mass is 32.2. The second kappa shape index (κ2) is 4.70. The van der Waals surface area contributed by atoms with Gasteiger partial charge in [0.1, 0.15) is 4.90 Å². The number of hydrogen-bond donors (Lipinski definition) is 2. The van der Waals surface area contributed by atoms with Gasteiger partial charge in [0.05, 0.1) is 5.69 Å². The number of nitrogens with one attached hydrogen (secondary N) is 1. The molecule has 2 aromatic rings. The van der Waals surface area contributed by atoms with E-state index in [1.807, 2.05) is 13.0 Å². The van der Waals surface area contributed by atoms with Crippen LogP contribution < -0.4 is 10.5 Å². The van der Waals surface area contributed by atoms with Crippen molar-refractivity contribution in [2.45, 2.75) is 11.8 Å². The number of benzene rings is 2. The van der Waals surface area contributed by atoms with Crippen LogP contribution in [0.25, 0.3) is 0 Å². The minimum Gasteiger partial charge on any atom is -0.398 e. The minimum atomic E-state index is -3.64. The maximum atomic E-state index is 12.1. The number of sulfonamides is 1. The van der Waals surface area contributed by atoms with Crippen LogP contribution in [0, 0.1) is 6.92 Å². The Bertz CT molecular complexity index is 666. The van der Waals surface area contributed by atoms with Crippen LogP contribution in [0.1, 0.15) is 5.56 Å². The van der Waals surface area contributed by atoms with Crippen molar-refractivity contribution < 1.29 is 8.42 Å². The van der Waals surface area contributed by atoms with E-state index in [-0.39, 0.29) is 10.6 Å². The third-order valence-electron chi connectivity index (χ3n) is 2.48. The molecule has 2 aromatic carbocycles. The predicted molar refractivity (Wildman–Crippen MR) is 72.8 cm³/mol. The minimum absolute atomic E-state index is 0.0894. The molecule has 0 fully saturated rings. The van der Waals surface area contributed by atoms with E-state index in [9.17, 15) is 8.42 Å². The third-order valence-corrected chi connectivity index (χ3v) is 3.93. The summed E-state index contributed by atoms with van der Waals surface area (Å²) in [5.74, 6) is 0. The van der Waals surface area contributed by atoms with Gasteiger partial charge >= 0.3 is 0 Å². The zero-order chi connectivity index (χ0) is 13.2. The molecule has 0 amide bonds. The molecule has 3 N–H and O–H groups in total. The standard InChI is InChI=1S/C13H14N2O2S/c1-10-5-4-6-11(9-10)15-18(16,17)13-8-3-2-7-12(13)14/h2-9,15H,14H2,1H3. The molecule has 0 spiro atoms. The summed E-state index contributed by atoms with van der Waals surface area (Å²) < 4.78 is 26.8. The topological polar surface area (TPSA) is 72.2 Å². The van der Waals surface area contributed by atoms with Gasteiger partial charge in [-0.1, -0.05) is 24.3 Å². The number of para-hydroxylation sites is 1. The van der Waals surface area contributed by atoms with Crippen molar-refractivity contribution in [1.82, 2.24) is 0 Å². The van der Waals surface area contributed by atoms with Crippen molar-refractivity contribution in [2.75, 3.05) is 10.5 Å². The maximum absolute atomic E-state index is 12.1. The average Bonchev–Trinajstić information content (AvgIpc) is 2.28. The number of nitrogen functional groups attached to an aromatic ring is 1. The van der Waals surface area contributed by atoms with E-state index in [4.69, 9.17) is 5.73 Å². The highest BCUT2D eigenvalue weighted by molar-refractivity contribution is 7.92. The van der Waals surface area contributed by atoms with Gasteiger partial charge in [0.15, 0.2) is 0 Å². The molecule has 5 heteroatoms. The normalized spacial score (nSPS) is 11.2. The lowest BCUT2D eigenvalue weighted by Gasteiger charge is -2.10. The Kier molecular flexibility index (Phi) is 3.25. The summed E-state index contributed by atoms with van der Waals surface area (Å²) in [4.78, 5) is 0.0894. The number of nitrogens with two attached hydrogens (primary N) is 1. The van der Waals surface area contributed by atoms with Crippen molar-refractivity contribution in [2.24, 2.45) is 0 Å². The molecule has 0 bridgehead atoms. The molecular formula is C13H14N2O2S. The van der Waals surface area contributed by atoms with E-state index in [1.165, 1.54) is 6.07 Å². The van der Waals surface area contributed by atoms with Crippen LogP contribution in [0.4, 0.5) is 11.4 Å². The first-order valence-electron chi connectivity index (χ1n) is 5.43. The second-order valence-electron chi connectivity index (χ2n) is 4.01. The molecule has 0 aliphatic carbocycles. The first-order valence-corrected chi connectivity index (χ1v) is 6.91. The molecule has 0 unspecified atom stereocenters. The monoisotopic (exact) mass is 262 g/mol. The highest BCUT2D eigenvalue weighted by Gasteiger charge is 2.16. The molecule has 0 aromatic heterocycles. The predicted octanol–water partition coefficient (Wildman–Crippen LogP) is 2.38. The summed E-state index contributed by atoms with van der Waals surface area (Å²) in [5, 5.41) is 0. The largest absolute Gasteiger partial charge is 0.398 e. The molecule has 0 aliphatic heterocycles. The van der Waals surface area contributed by atoms with E-state index in [2.05, 4.69) is 4.72 Å². The summed E-state index contributed by atoms with van der Waals surface area (Å²) in [7, 11) is -3.64. The van der Waals surface area contributed by atoms with Gasteiger partial charge in [-0.3, -0.25) is 4.72 Å². The highest BCUT2D eigenvalue weighted by Crippen LogP contribution is 2.21. The summed E-state index contributed by atoms with van der Waals surface area (Å²) in [6.07, 6.45) is 0. The average molecular weight is 262 g/mol. The van der Waals surface area contributed by atoms with E-state index in [0.717, 1.165) is 5.56 Å². The van der Waals surface area contributed by atoms with Crippen LogP contribution in [0.2, 0.25) is 0 Å². The molecule has 0 aliphatic rings. The Hall–Kier alpha value is -2.01. The molecule has 4 nitrogen and oxygen atoms in total. The molecule has 2 rings (SSSR count). The van der Waals surface area contributed by atoms with Crippen molar-refractivity contribution in [3.05, 3.63) is 54.1 Å². The van der Waals surface area contributed by atoms with Gasteiger partial charge in [0.2, 0.25) is 0 Å². The first-order chi connectivity index (χ1) is 8.49. The van der Waals surface area contributed by atoms with Crippen LogP contribution in [0.15, 0.2) is 53.4 Å². The van der Waals surface area contributed by atoms with E-state index >= 15 is 0 Å². The summed E-state index contributed by atoms with van der Waals surface area (Å²) in [6.45, 7) is 1.90. The van der Waals surface area contributed by atoms with Gasteiger partial charge in [-0.25, -0.2) is 8.42 Å². The molecule has 0 saturated heterocycles. The van der Waals surface area contributed by atoms with E-state index in [1.54, 1.807) is 36.4 Å². The fourth-order valence-electron chi connectivity index (χ4n) is 1.64. The van der Waals surface area contributed by atoms with Gasteiger partial charge in [0.25, 0.3) is 10.0 Å². The van der Waals surface area contributed by atoms with Crippen LogP contribution in [-0.2, 0) is 10.0 Å². The number of hydrogen-bond acceptors (Lipinski definition) is 3. The second-order valence-corrected chi connectivity index (χ2v) is 5.66. The molecular weight excluding hydrogens is 248 g/mol. The molecule has 0 atom stereocenters. The maximum Gasteiger partial charge on any atom is 0.263 e. The van der Waals surface area contributed by atoms with Crippen molar-refractivity contribution in [3.63, 3.8) is 0 Å². The lowest BCUT2D eigenvalue weighted by Crippen LogP contribution is -2.14. The summed E-state index contributed by atoms with van der Waals surface area (Å²) >= 11 is 0. The van der Waals surface area contributed by atoms with Gasteiger partial charge in [-0.15, -0.1) is 0 Å². The smallest absolute Gasteiger partial charge is 0.263 e. The molecule has 18 heavy (non-hydrogen) atoms. The Morgan fingerprint density at radius 2 is 1.78 bits per heavy atom. The fraction of sp³-hybridized carbons (Fsp3) is 0.0769. The summed E-state index contributed by atoms with van der Waals surface area (Å²) in [6, 6.07) is 13.5. The Balaban J connectivity index is 2.37. The Morgan fingerprint density at radius 3 is 2.44 bits per heavy atom. The van der Waals surface area contributed by atoms with E-state index in [0.29, 0.717) is 5.69 Å². The van der Waals surface area contributed by atoms with Crippen LogP contribution in [0.5, 0.6) is 0 Å². The zero-order valence-electron chi connectivity index (χ0n) is 9.92. The fourth-order valence-corrected chi connectivity index (χ4v) is 2.83. The first kappa shape index (κ1) is 12.4. The Morgan fingerprint density at radius 1 is 1.06 bits per heavy atom. The van der Waals surface area contributed by atoms with Crippen molar-refractivity contribution in [1.29, 1.82) is 0 Å². The van der Waals surface area contributed by atoms with Crippen molar-refractivity contribution >= 4 is 21.4 Å². The van der Waals surface area contributed by atoms with Gasteiger partial charge in [-0.2, -0.15) is 0 Å². The molecule has 0 radical (unpaired) electrons. The van der Waals surface area contributed by atoms with Crippen LogP contribution in [0.3, 0.4) is 0 Å². The van der Waals surface area contributed by atoms with Gasteiger partial charge in [0, 0.05) is 5.69 Å². The van der Waals surface area contributed by atoms with Crippen LogP contribution in [-0.4, -0.2) is 8.42 Å². The van der Waals surface area contributed by atoms with Crippen LogP contribution >= 0.6 is 0 Å². The third kappa shape index (κ3) is 2.62. The molecule has 0 saturated carbocycles. The number of rotatable bonds is 3. The zero-order valence-corrected chi connectivity index (χ0v) is 10.7. The lowest BCUT2D eigenvalue weighted by atomic mass is 10.2. The molecule has 94 valence electrons.